The van der Waals surface area contributed by atoms with E-state index in [9.17, 15) is 9.59 Å². The molecule has 0 aromatic heterocycles. The molecule has 2 aromatic rings. The Balaban J connectivity index is 2.07. The molecule has 0 aliphatic carbocycles. The van der Waals surface area contributed by atoms with Crippen LogP contribution in [0.5, 0.6) is 17.2 Å². The molecule has 0 bridgehead atoms. The Bertz CT molecular complexity index is 833. The number of nitrogens with zero attached hydrogens (tertiary/aromatic N) is 1. The monoisotopic (exact) mass is 370 g/mol. The van der Waals surface area contributed by atoms with Gasteiger partial charge in [0.15, 0.2) is 11.5 Å². The van der Waals surface area contributed by atoms with E-state index in [4.69, 9.17) is 14.2 Å². The molecular formula is C20H22N2O5. The van der Waals surface area contributed by atoms with Crippen molar-refractivity contribution in [1.29, 1.82) is 0 Å². The molecule has 1 N–H and O–H groups in total. The van der Waals surface area contributed by atoms with E-state index in [1.54, 1.807) is 36.4 Å². The lowest BCUT2D eigenvalue weighted by Crippen LogP contribution is -2.18. The Hall–Kier alpha value is -3.35. The van der Waals surface area contributed by atoms with Crippen LogP contribution in [-0.4, -0.2) is 31.8 Å². The summed E-state index contributed by atoms with van der Waals surface area (Å²) in [5.41, 5.74) is 3.55. The Labute approximate surface area is 157 Å². The van der Waals surface area contributed by atoms with E-state index >= 15 is 0 Å². The van der Waals surface area contributed by atoms with Crippen LogP contribution in [0.2, 0.25) is 0 Å². The topological polar surface area (TPSA) is 86.2 Å². The number of benzene rings is 2. The van der Waals surface area contributed by atoms with Gasteiger partial charge in [-0.05, 0) is 42.3 Å². The van der Waals surface area contributed by atoms with Crippen molar-refractivity contribution in [2.24, 2.45) is 5.10 Å². The summed E-state index contributed by atoms with van der Waals surface area (Å²) in [6.45, 7) is 3.84. The Morgan fingerprint density at radius 1 is 1.11 bits per heavy atom. The number of ether oxygens (including phenoxy) is 3. The molecule has 0 saturated heterocycles. The minimum Gasteiger partial charge on any atom is -0.493 e. The molecule has 7 heteroatoms. The number of nitrogens with one attached hydrogen (secondary N) is 1. The molecule has 142 valence electrons. The normalized spacial score (nSPS) is 10.5. The first-order valence-corrected chi connectivity index (χ1v) is 8.46. The number of methoxy groups -OCH3 is 1. The molecule has 0 fully saturated rings. The van der Waals surface area contributed by atoms with Crippen LogP contribution < -0.4 is 19.6 Å². The number of hydrogen-bond acceptors (Lipinski definition) is 6. The van der Waals surface area contributed by atoms with Crippen molar-refractivity contribution in [1.82, 2.24) is 5.43 Å². The highest BCUT2D eigenvalue weighted by Crippen LogP contribution is 2.27. The second-order valence-electron chi connectivity index (χ2n) is 5.55. The van der Waals surface area contributed by atoms with Crippen molar-refractivity contribution < 1.29 is 23.8 Å². The van der Waals surface area contributed by atoms with Gasteiger partial charge in [0.1, 0.15) is 5.75 Å². The number of carbonyl (C=O) groups excluding carboxylic acids is 2. The summed E-state index contributed by atoms with van der Waals surface area (Å²) < 4.78 is 15.8. The summed E-state index contributed by atoms with van der Waals surface area (Å²) in [5.74, 6) is 0.402. The average Bonchev–Trinajstić information content (AvgIpc) is 2.67. The zero-order chi connectivity index (χ0) is 19.6. The number of rotatable bonds is 8. The lowest BCUT2D eigenvalue weighted by molar-refractivity contribution is -0.132. The zero-order valence-electron chi connectivity index (χ0n) is 15.5. The van der Waals surface area contributed by atoms with Gasteiger partial charge in [-0.1, -0.05) is 19.1 Å². The number of para-hydroxylation sites is 1. The Morgan fingerprint density at radius 2 is 1.89 bits per heavy atom. The van der Waals surface area contributed by atoms with Crippen LogP contribution in [0.25, 0.3) is 0 Å². The van der Waals surface area contributed by atoms with E-state index in [1.807, 2.05) is 13.0 Å². The third-order valence-corrected chi connectivity index (χ3v) is 3.41. The van der Waals surface area contributed by atoms with Crippen molar-refractivity contribution in [3.8, 4) is 17.2 Å². The summed E-state index contributed by atoms with van der Waals surface area (Å²) in [6, 6.07) is 11.9. The molecule has 0 saturated carbocycles. The number of carbonyl (C=O) groups is 2. The predicted octanol–water partition coefficient (Wildman–Crippen LogP) is 3.17. The highest BCUT2D eigenvalue weighted by Gasteiger charge is 2.11. The van der Waals surface area contributed by atoms with Crippen molar-refractivity contribution in [3.05, 3.63) is 53.6 Å². The van der Waals surface area contributed by atoms with Gasteiger partial charge >= 0.3 is 5.97 Å². The second-order valence-corrected chi connectivity index (χ2v) is 5.55. The first-order chi connectivity index (χ1) is 13.0. The maximum absolute atomic E-state index is 12.3. The highest BCUT2D eigenvalue weighted by molar-refractivity contribution is 5.97. The third-order valence-electron chi connectivity index (χ3n) is 3.41. The number of amides is 1. The van der Waals surface area contributed by atoms with Gasteiger partial charge in [-0.2, -0.15) is 5.10 Å². The number of hydrogen-bond donors (Lipinski definition) is 1. The van der Waals surface area contributed by atoms with E-state index in [-0.39, 0.29) is 5.91 Å². The van der Waals surface area contributed by atoms with Gasteiger partial charge in [0.25, 0.3) is 5.91 Å². The molecule has 2 rings (SSSR count). The van der Waals surface area contributed by atoms with Crippen LogP contribution in [0, 0.1) is 0 Å². The van der Waals surface area contributed by atoms with Gasteiger partial charge in [-0.15, -0.1) is 0 Å². The number of esters is 1. The Kier molecular flexibility index (Phi) is 7.37. The molecule has 2 aromatic carbocycles. The SMILES string of the molecule is CCCOc1ccccc1C(=O)NN=Cc1ccc(OC(C)=O)c(OC)c1. The first-order valence-electron chi connectivity index (χ1n) is 8.46. The summed E-state index contributed by atoms with van der Waals surface area (Å²) in [4.78, 5) is 23.4. The maximum Gasteiger partial charge on any atom is 0.308 e. The fourth-order valence-corrected chi connectivity index (χ4v) is 2.22. The average molecular weight is 370 g/mol. The summed E-state index contributed by atoms with van der Waals surface area (Å²) in [6.07, 6.45) is 2.31. The third kappa shape index (κ3) is 5.85. The van der Waals surface area contributed by atoms with Crippen molar-refractivity contribution in [2.75, 3.05) is 13.7 Å². The van der Waals surface area contributed by atoms with E-state index in [2.05, 4.69) is 10.5 Å². The Morgan fingerprint density at radius 3 is 2.59 bits per heavy atom. The van der Waals surface area contributed by atoms with Crippen LogP contribution in [0.1, 0.15) is 36.2 Å². The van der Waals surface area contributed by atoms with Gasteiger partial charge in [0, 0.05) is 6.92 Å². The van der Waals surface area contributed by atoms with Crippen molar-refractivity contribution in [3.63, 3.8) is 0 Å². The minimum absolute atomic E-state index is 0.313. The maximum atomic E-state index is 12.3. The quantitative estimate of drug-likeness (QED) is 0.334. The molecule has 0 heterocycles. The van der Waals surface area contributed by atoms with Crippen molar-refractivity contribution in [2.45, 2.75) is 20.3 Å². The molecule has 1 amide bonds. The van der Waals surface area contributed by atoms with Crippen LogP contribution in [0.4, 0.5) is 0 Å². The predicted molar refractivity (Wildman–Crippen MR) is 102 cm³/mol. The molecule has 0 atom stereocenters. The van der Waals surface area contributed by atoms with E-state index < -0.39 is 5.97 Å². The molecule has 0 aliphatic rings. The van der Waals surface area contributed by atoms with E-state index in [0.717, 1.165) is 6.42 Å². The fourth-order valence-electron chi connectivity index (χ4n) is 2.22. The molecule has 7 nitrogen and oxygen atoms in total. The molecule has 0 radical (unpaired) electrons. The summed E-state index contributed by atoms with van der Waals surface area (Å²) in [7, 11) is 1.47. The molecular weight excluding hydrogens is 348 g/mol. The van der Waals surface area contributed by atoms with Crippen LogP contribution >= 0.6 is 0 Å². The summed E-state index contributed by atoms with van der Waals surface area (Å²) in [5, 5.41) is 3.96. The zero-order valence-corrected chi connectivity index (χ0v) is 15.5. The lowest BCUT2D eigenvalue weighted by Gasteiger charge is -2.09. The highest BCUT2D eigenvalue weighted by atomic mass is 16.6. The van der Waals surface area contributed by atoms with E-state index in [1.165, 1.54) is 20.2 Å². The van der Waals surface area contributed by atoms with Gasteiger partial charge < -0.3 is 14.2 Å². The standard InChI is InChI=1S/C20H22N2O5/c1-4-11-26-17-8-6-5-7-16(17)20(24)22-21-13-15-9-10-18(27-14(2)23)19(12-15)25-3/h5-10,12-13H,4,11H2,1-3H3,(H,22,24). The van der Waals surface area contributed by atoms with Crippen LogP contribution in [0.15, 0.2) is 47.6 Å². The second kappa shape index (κ2) is 9.96. The van der Waals surface area contributed by atoms with Gasteiger partial charge in [-0.3, -0.25) is 9.59 Å². The largest absolute Gasteiger partial charge is 0.493 e. The molecule has 27 heavy (non-hydrogen) atoms. The van der Waals surface area contributed by atoms with Crippen LogP contribution in [-0.2, 0) is 4.79 Å². The molecule has 0 spiro atoms. The smallest absolute Gasteiger partial charge is 0.308 e. The van der Waals surface area contributed by atoms with Crippen molar-refractivity contribution >= 4 is 18.1 Å². The van der Waals surface area contributed by atoms with Gasteiger partial charge in [-0.25, -0.2) is 5.43 Å². The lowest BCUT2D eigenvalue weighted by atomic mass is 10.2. The van der Waals surface area contributed by atoms with E-state index in [0.29, 0.717) is 35.0 Å². The summed E-state index contributed by atoms with van der Waals surface area (Å²) >= 11 is 0. The first kappa shape index (κ1) is 20.0. The molecule has 0 unspecified atom stereocenters. The van der Waals surface area contributed by atoms with Gasteiger partial charge in [0.05, 0.1) is 25.5 Å². The molecule has 0 aliphatic heterocycles. The number of hydrazone groups is 1. The minimum atomic E-state index is -0.439. The van der Waals surface area contributed by atoms with Crippen LogP contribution in [0.3, 0.4) is 0 Å². The van der Waals surface area contributed by atoms with Gasteiger partial charge in [0.2, 0.25) is 0 Å². The fraction of sp³-hybridized carbons (Fsp3) is 0.250.